The number of aromatic nitrogens is 2. The van der Waals surface area contributed by atoms with Crippen LogP contribution < -0.4 is 0 Å². The lowest BCUT2D eigenvalue weighted by molar-refractivity contribution is -0.171. The molecule has 12 heteroatoms. The normalized spacial score (nSPS) is 16.6. The minimum Gasteiger partial charge on any atom is -0.451 e. The first kappa shape index (κ1) is 24.2. The van der Waals surface area contributed by atoms with Crippen LogP contribution in [0.2, 0.25) is 0 Å². The number of amides is 2. The first-order chi connectivity index (χ1) is 15.6. The van der Waals surface area contributed by atoms with E-state index in [1.165, 1.54) is 30.6 Å². The van der Waals surface area contributed by atoms with E-state index in [1.54, 1.807) is 24.5 Å². The minimum atomic E-state index is -1.20. The third-order valence-corrected chi connectivity index (χ3v) is 5.55. The number of hydrogen-bond donors (Lipinski definition) is 0. The van der Waals surface area contributed by atoms with E-state index < -0.39 is 30.1 Å². The fourth-order valence-electron chi connectivity index (χ4n) is 3.20. The summed E-state index contributed by atoms with van der Waals surface area (Å²) in [6, 6.07) is 3.42. The average molecular weight is 520 g/mol. The number of ether oxygens (including phenoxy) is 2. The van der Waals surface area contributed by atoms with Gasteiger partial charge >= 0.3 is 11.9 Å². The highest BCUT2D eigenvalue weighted by atomic mass is 79.9. The molecule has 174 valence electrons. The summed E-state index contributed by atoms with van der Waals surface area (Å²) in [5, 5.41) is 0. The highest BCUT2D eigenvalue weighted by Gasteiger charge is 2.37. The molecule has 11 nitrogen and oxygen atoms in total. The van der Waals surface area contributed by atoms with E-state index in [-0.39, 0.29) is 25.0 Å². The van der Waals surface area contributed by atoms with Crippen LogP contribution in [0.4, 0.5) is 5.69 Å². The lowest BCUT2D eigenvalue weighted by Crippen LogP contribution is -2.45. The zero-order valence-electron chi connectivity index (χ0n) is 18.4. The number of carbonyl (C=O) groups excluding carboxylic acids is 4. The van der Waals surface area contributed by atoms with Crippen molar-refractivity contribution < 1.29 is 28.7 Å². The van der Waals surface area contributed by atoms with E-state index in [0.717, 1.165) is 6.92 Å². The van der Waals surface area contributed by atoms with Crippen LogP contribution in [-0.4, -0.2) is 74.8 Å². The van der Waals surface area contributed by atoms with E-state index in [0.29, 0.717) is 21.2 Å². The molecule has 1 saturated heterocycles. The Bertz CT molecular complexity index is 1150. The Hall–Kier alpha value is -3.41. The molecule has 0 N–H and O–H groups in total. The second-order valence-electron chi connectivity index (χ2n) is 7.23. The zero-order chi connectivity index (χ0) is 24.3. The Morgan fingerprint density at radius 1 is 1.00 bits per heavy atom. The lowest BCUT2D eigenvalue weighted by atomic mass is 10.2. The van der Waals surface area contributed by atoms with Gasteiger partial charge in [0.25, 0.3) is 5.91 Å². The number of halogens is 1. The van der Waals surface area contributed by atoms with E-state index in [1.807, 2.05) is 0 Å². The largest absolute Gasteiger partial charge is 0.451 e. The van der Waals surface area contributed by atoms with Crippen LogP contribution in [0.3, 0.4) is 0 Å². The van der Waals surface area contributed by atoms with Crippen LogP contribution in [0.5, 0.6) is 0 Å². The quantitative estimate of drug-likeness (QED) is 0.547. The number of fused-ring (bicyclic) bond motifs is 1. The third kappa shape index (κ3) is 5.33. The second-order valence-corrected chi connectivity index (χ2v) is 8.02. The molecular weight excluding hydrogens is 498 g/mol. The molecule has 3 rings (SSSR count). The summed E-state index contributed by atoms with van der Waals surface area (Å²) in [5.74, 6) is -2.27. The fraction of sp³-hybridized carbons (Fsp3) is 0.381. The molecule has 0 unspecified atom stereocenters. The van der Waals surface area contributed by atoms with E-state index >= 15 is 0 Å². The van der Waals surface area contributed by atoms with Gasteiger partial charge in [-0.2, -0.15) is 0 Å². The highest BCUT2D eigenvalue weighted by molar-refractivity contribution is 9.10. The first-order valence-corrected chi connectivity index (χ1v) is 10.8. The van der Waals surface area contributed by atoms with Crippen LogP contribution >= 0.6 is 15.9 Å². The SMILES string of the molecule is CC(=O)O[C@@H](C)C(=O)O[C@@H](C)C(=O)N1CCN(C(C)=O)/C1=N\c1ccc2nccnc2c1Br. The maximum Gasteiger partial charge on any atom is 0.347 e. The molecule has 1 aliphatic heterocycles. The van der Waals surface area contributed by atoms with Gasteiger partial charge in [-0.3, -0.25) is 34.2 Å². The van der Waals surface area contributed by atoms with Gasteiger partial charge in [-0.25, -0.2) is 9.79 Å². The molecule has 0 radical (unpaired) electrons. The van der Waals surface area contributed by atoms with Crippen molar-refractivity contribution >= 4 is 62.4 Å². The van der Waals surface area contributed by atoms with Gasteiger partial charge in [0.05, 0.1) is 15.7 Å². The van der Waals surface area contributed by atoms with Gasteiger partial charge in [-0.05, 0) is 41.9 Å². The molecule has 2 atom stereocenters. The second kappa shape index (κ2) is 10.0. The van der Waals surface area contributed by atoms with Crippen molar-refractivity contribution in [1.29, 1.82) is 0 Å². The predicted molar refractivity (Wildman–Crippen MR) is 120 cm³/mol. The Balaban J connectivity index is 1.89. The Labute approximate surface area is 197 Å². The number of nitrogens with zero attached hydrogens (tertiary/aromatic N) is 5. The summed E-state index contributed by atoms with van der Waals surface area (Å²) in [6.07, 6.45) is 0.760. The maximum absolute atomic E-state index is 13.1. The molecule has 2 aromatic rings. The van der Waals surface area contributed by atoms with Gasteiger partial charge in [-0.15, -0.1) is 0 Å². The number of benzene rings is 1. The van der Waals surface area contributed by atoms with E-state index in [4.69, 9.17) is 9.47 Å². The molecule has 0 spiro atoms. The van der Waals surface area contributed by atoms with Crippen LogP contribution in [0.1, 0.15) is 27.7 Å². The van der Waals surface area contributed by atoms with Gasteiger partial charge in [0.2, 0.25) is 11.9 Å². The van der Waals surface area contributed by atoms with Crippen molar-refractivity contribution in [3.8, 4) is 0 Å². The number of guanidine groups is 1. The van der Waals surface area contributed by atoms with Crippen molar-refractivity contribution in [2.24, 2.45) is 4.99 Å². The van der Waals surface area contributed by atoms with Crippen molar-refractivity contribution in [2.75, 3.05) is 13.1 Å². The molecule has 2 heterocycles. The van der Waals surface area contributed by atoms with Crippen LogP contribution in [0.25, 0.3) is 11.0 Å². The van der Waals surface area contributed by atoms with Crippen molar-refractivity contribution in [2.45, 2.75) is 39.9 Å². The summed E-state index contributed by atoms with van der Waals surface area (Å²) >= 11 is 3.47. The monoisotopic (exact) mass is 519 g/mol. The lowest BCUT2D eigenvalue weighted by Gasteiger charge is -2.23. The number of aliphatic imine (C=N–C) groups is 1. The van der Waals surface area contributed by atoms with Gasteiger partial charge in [0.1, 0.15) is 5.52 Å². The molecule has 33 heavy (non-hydrogen) atoms. The Morgan fingerprint density at radius 2 is 1.67 bits per heavy atom. The zero-order valence-corrected chi connectivity index (χ0v) is 20.0. The number of hydrogen-bond acceptors (Lipinski definition) is 9. The Kier molecular flexibility index (Phi) is 7.36. The molecule has 1 aromatic heterocycles. The first-order valence-electron chi connectivity index (χ1n) is 10.0. The molecule has 2 amide bonds. The molecular formula is C21H22BrN5O6. The molecule has 1 aliphatic rings. The van der Waals surface area contributed by atoms with Gasteiger partial charge < -0.3 is 9.47 Å². The number of carbonyl (C=O) groups is 4. The van der Waals surface area contributed by atoms with E-state index in [2.05, 4.69) is 30.9 Å². The van der Waals surface area contributed by atoms with Crippen LogP contribution in [0, 0.1) is 0 Å². The van der Waals surface area contributed by atoms with E-state index in [9.17, 15) is 19.2 Å². The standard InChI is InChI=1S/C21H22BrN5O6/c1-11(33-20(31)12(2)32-14(4)29)19(30)27-10-9-26(13(3)28)21(27)25-15-5-6-16-18(17(15)22)24-8-7-23-16/h5-8,11-12H,9-10H2,1-4H3/b25-21+/t11-,12-/m0/s1. The average Bonchev–Trinajstić information content (AvgIpc) is 3.18. The molecule has 0 saturated carbocycles. The van der Waals surface area contributed by atoms with Crippen molar-refractivity contribution in [3.63, 3.8) is 0 Å². The van der Waals surface area contributed by atoms with Crippen LogP contribution in [0.15, 0.2) is 34.0 Å². The molecule has 1 aromatic carbocycles. The maximum atomic E-state index is 13.1. The summed E-state index contributed by atoms with van der Waals surface area (Å²) in [6.45, 7) is 5.68. The van der Waals surface area contributed by atoms with Gasteiger partial charge in [0, 0.05) is 39.3 Å². The van der Waals surface area contributed by atoms with Crippen molar-refractivity contribution in [3.05, 3.63) is 29.0 Å². The summed E-state index contributed by atoms with van der Waals surface area (Å²) in [4.78, 5) is 64.2. The summed E-state index contributed by atoms with van der Waals surface area (Å²) in [5.41, 5.74) is 1.67. The molecule has 1 fully saturated rings. The van der Waals surface area contributed by atoms with Gasteiger partial charge in [-0.1, -0.05) is 0 Å². The minimum absolute atomic E-state index is 0.104. The fourth-order valence-corrected chi connectivity index (χ4v) is 3.72. The number of esters is 2. The smallest absolute Gasteiger partial charge is 0.347 e. The van der Waals surface area contributed by atoms with Gasteiger partial charge in [0.15, 0.2) is 12.2 Å². The Morgan fingerprint density at radius 3 is 2.33 bits per heavy atom. The summed E-state index contributed by atoms with van der Waals surface area (Å²) < 4.78 is 10.5. The summed E-state index contributed by atoms with van der Waals surface area (Å²) in [7, 11) is 0. The highest BCUT2D eigenvalue weighted by Crippen LogP contribution is 2.32. The van der Waals surface area contributed by atoms with Crippen molar-refractivity contribution in [1.82, 2.24) is 19.8 Å². The van der Waals surface area contributed by atoms with Crippen LogP contribution in [-0.2, 0) is 28.7 Å². The predicted octanol–water partition coefficient (Wildman–Crippen LogP) is 1.95. The topological polar surface area (TPSA) is 131 Å². The molecule has 0 bridgehead atoms. The number of rotatable bonds is 5. The molecule has 0 aliphatic carbocycles. The third-order valence-electron chi connectivity index (χ3n) is 4.77.